The molecule has 0 spiro atoms. The van der Waals surface area contributed by atoms with E-state index in [1.54, 1.807) is 0 Å². The van der Waals surface area contributed by atoms with E-state index >= 15 is 0 Å². The van der Waals surface area contributed by atoms with Gasteiger partial charge in [-0.3, -0.25) is 4.79 Å². The Hall–Kier alpha value is -0.610. The summed E-state index contributed by atoms with van der Waals surface area (Å²) in [5, 5.41) is 3.32. The predicted molar refractivity (Wildman–Crippen MR) is 66.8 cm³/mol. The van der Waals surface area contributed by atoms with Gasteiger partial charge in [-0.25, -0.2) is 0 Å². The Balaban J connectivity index is 1.62. The van der Waals surface area contributed by atoms with Crippen molar-refractivity contribution in [2.75, 3.05) is 39.4 Å². The number of morpholine rings is 1. The molecular weight excluding hydrogens is 216 g/mol. The highest BCUT2D eigenvalue weighted by Crippen LogP contribution is 2.30. The van der Waals surface area contributed by atoms with Crippen LogP contribution in [-0.2, 0) is 9.53 Å². The molecule has 2 fully saturated rings. The summed E-state index contributed by atoms with van der Waals surface area (Å²) in [5.74, 6) is 1.81. The van der Waals surface area contributed by atoms with E-state index in [2.05, 4.69) is 12.2 Å². The fraction of sp³-hybridized carbons (Fsp3) is 0.923. The molecule has 17 heavy (non-hydrogen) atoms. The zero-order chi connectivity index (χ0) is 12.1. The van der Waals surface area contributed by atoms with E-state index in [9.17, 15) is 4.79 Å². The van der Waals surface area contributed by atoms with Crippen molar-refractivity contribution >= 4 is 5.91 Å². The minimum Gasteiger partial charge on any atom is -0.378 e. The maximum Gasteiger partial charge on any atom is 0.236 e. The Morgan fingerprint density at radius 2 is 2.12 bits per heavy atom. The van der Waals surface area contributed by atoms with Gasteiger partial charge in [0.25, 0.3) is 0 Å². The van der Waals surface area contributed by atoms with E-state index in [1.165, 1.54) is 19.3 Å². The van der Waals surface area contributed by atoms with Crippen LogP contribution in [0.1, 0.15) is 26.2 Å². The minimum absolute atomic E-state index is 0.221. The molecule has 98 valence electrons. The number of nitrogens with one attached hydrogen (secondary N) is 1. The molecule has 0 aromatic carbocycles. The van der Waals surface area contributed by atoms with Crippen molar-refractivity contribution in [2.45, 2.75) is 26.2 Å². The molecule has 1 heterocycles. The lowest BCUT2D eigenvalue weighted by Crippen LogP contribution is -2.45. The molecule has 1 saturated carbocycles. The Morgan fingerprint density at radius 1 is 1.35 bits per heavy atom. The summed E-state index contributed by atoms with van der Waals surface area (Å²) < 4.78 is 5.24. The number of rotatable bonds is 4. The van der Waals surface area contributed by atoms with E-state index < -0.39 is 0 Å². The zero-order valence-corrected chi connectivity index (χ0v) is 10.8. The fourth-order valence-corrected chi connectivity index (χ4v) is 2.81. The smallest absolute Gasteiger partial charge is 0.236 e. The van der Waals surface area contributed by atoms with Crippen LogP contribution in [0, 0.1) is 11.8 Å². The molecule has 2 aliphatic rings. The fourth-order valence-electron chi connectivity index (χ4n) is 2.81. The van der Waals surface area contributed by atoms with Gasteiger partial charge < -0.3 is 15.0 Å². The normalized spacial score (nSPS) is 29.6. The van der Waals surface area contributed by atoms with Crippen LogP contribution in [-0.4, -0.2) is 50.2 Å². The molecule has 0 aromatic rings. The first kappa shape index (κ1) is 12.8. The third-order valence-corrected chi connectivity index (χ3v) is 4.09. The molecular formula is C13H24N2O2. The van der Waals surface area contributed by atoms with Gasteiger partial charge in [0.2, 0.25) is 5.91 Å². The molecule has 1 amide bonds. The maximum atomic E-state index is 11.9. The quantitative estimate of drug-likeness (QED) is 0.793. The van der Waals surface area contributed by atoms with E-state index in [0.717, 1.165) is 31.5 Å². The molecule has 0 aromatic heterocycles. The first-order valence-corrected chi connectivity index (χ1v) is 6.83. The van der Waals surface area contributed by atoms with Gasteiger partial charge in [0.15, 0.2) is 0 Å². The lowest BCUT2D eigenvalue weighted by Gasteiger charge is -2.27. The number of hydrogen-bond acceptors (Lipinski definition) is 3. The van der Waals surface area contributed by atoms with E-state index in [4.69, 9.17) is 4.74 Å². The molecule has 2 unspecified atom stereocenters. The van der Waals surface area contributed by atoms with E-state index in [1.807, 2.05) is 4.90 Å². The Bertz CT molecular complexity index is 252. The van der Waals surface area contributed by atoms with Crippen molar-refractivity contribution in [2.24, 2.45) is 11.8 Å². The summed E-state index contributed by atoms with van der Waals surface area (Å²) in [4.78, 5) is 13.8. The Labute approximate surface area is 104 Å². The van der Waals surface area contributed by atoms with Crippen molar-refractivity contribution in [3.05, 3.63) is 0 Å². The molecule has 4 heteroatoms. The number of carbonyl (C=O) groups excluding carboxylic acids is 1. The summed E-state index contributed by atoms with van der Waals surface area (Å²) in [6, 6.07) is 0. The van der Waals surface area contributed by atoms with Crippen LogP contribution in [0.25, 0.3) is 0 Å². The first-order valence-electron chi connectivity index (χ1n) is 6.83. The second kappa shape index (κ2) is 6.36. The lowest BCUT2D eigenvalue weighted by atomic mass is 9.98. The molecule has 0 bridgehead atoms. The van der Waals surface area contributed by atoms with Crippen LogP contribution in [0.4, 0.5) is 0 Å². The summed E-state index contributed by atoms with van der Waals surface area (Å²) in [7, 11) is 0. The number of ether oxygens (including phenoxy) is 1. The molecule has 2 atom stereocenters. The highest BCUT2D eigenvalue weighted by molar-refractivity contribution is 5.78. The van der Waals surface area contributed by atoms with Crippen molar-refractivity contribution in [3.8, 4) is 0 Å². The van der Waals surface area contributed by atoms with Crippen LogP contribution >= 0.6 is 0 Å². The number of nitrogens with zero attached hydrogens (tertiary/aromatic N) is 1. The van der Waals surface area contributed by atoms with Crippen LogP contribution in [0.5, 0.6) is 0 Å². The molecule has 1 aliphatic heterocycles. The first-order chi connectivity index (χ1) is 8.27. The molecule has 1 saturated heterocycles. The molecule has 1 aliphatic carbocycles. The van der Waals surface area contributed by atoms with Crippen LogP contribution < -0.4 is 5.32 Å². The average Bonchev–Trinajstić information content (AvgIpc) is 2.76. The van der Waals surface area contributed by atoms with Gasteiger partial charge in [-0.2, -0.15) is 0 Å². The number of hydrogen-bond donors (Lipinski definition) is 1. The maximum absolute atomic E-state index is 11.9. The number of amides is 1. The third kappa shape index (κ3) is 3.68. The summed E-state index contributed by atoms with van der Waals surface area (Å²) in [6.07, 6.45) is 4.02. The third-order valence-electron chi connectivity index (χ3n) is 4.09. The average molecular weight is 240 g/mol. The lowest BCUT2D eigenvalue weighted by molar-refractivity contribution is -0.134. The molecule has 0 radical (unpaired) electrons. The molecule has 1 N–H and O–H groups in total. The predicted octanol–water partition coefficient (Wildman–Crippen LogP) is 0.871. The second-order valence-corrected chi connectivity index (χ2v) is 5.29. The Kier molecular flexibility index (Phi) is 4.80. The standard InChI is InChI=1S/C13H24N2O2/c1-11-3-2-4-12(11)9-14-10-13(16)15-5-7-17-8-6-15/h11-12,14H,2-10H2,1H3. The summed E-state index contributed by atoms with van der Waals surface area (Å²) in [6.45, 7) is 6.68. The summed E-state index contributed by atoms with van der Waals surface area (Å²) >= 11 is 0. The number of carbonyl (C=O) groups is 1. The van der Waals surface area contributed by atoms with E-state index in [0.29, 0.717) is 19.8 Å². The van der Waals surface area contributed by atoms with Crippen molar-refractivity contribution in [1.29, 1.82) is 0 Å². The monoisotopic (exact) mass is 240 g/mol. The zero-order valence-electron chi connectivity index (χ0n) is 10.8. The van der Waals surface area contributed by atoms with Crippen LogP contribution in [0.15, 0.2) is 0 Å². The SMILES string of the molecule is CC1CCCC1CNCC(=O)N1CCOCC1. The largest absolute Gasteiger partial charge is 0.378 e. The van der Waals surface area contributed by atoms with Crippen molar-refractivity contribution in [1.82, 2.24) is 10.2 Å². The molecule has 4 nitrogen and oxygen atoms in total. The van der Waals surface area contributed by atoms with Crippen LogP contribution in [0.3, 0.4) is 0 Å². The van der Waals surface area contributed by atoms with Gasteiger partial charge in [-0.1, -0.05) is 19.8 Å². The van der Waals surface area contributed by atoms with Gasteiger partial charge in [-0.05, 0) is 24.8 Å². The van der Waals surface area contributed by atoms with Gasteiger partial charge in [0.1, 0.15) is 0 Å². The van der Waals surface area contributed by atoms with Gasteiger partial charge in [0, 0.05) is 13.1 Å². The highest BCUT2D eigenvalue weighted by atomic mass is 16.5. The summed E-state index contributed by atoms with van der Waals surface area (Å²) in [5.41, 5.74) is 0. The van der Waals surface area contributed by atoms with Gasteiger partial charge in [-0.15, -0.1) is 0 Å². The topological polar surface area (TPSA) is 41.6 Å². The van der Waals surface area contributed by atoms with Crippen molar-refractivity contribution in [3.63, 3.8) is 0 Å². The van der Waals surface area contributed by atoms with Gasteiger partial charge >= 0.3 is 0 Å². The van der Waals surface area contributed by atoms with Gasteiger partial charge in [0.05, 0.1) is 19.8 Å². The second-order valence-electron chi connectivity index (χ2n) is 5.29. The van der Waals surface area contributed by atoms with Crippen molar-refractivity contribution < 1.29 is 9.53 Å². The minimum atomic E-state index is 0.221. The molecule has 2 rings (SSSR count). The van der Waals surface area contributed by atoms with Crippen LogP contribution in [0.2, 0.25) is 0 Å². The van der Waals surface area contributed by atoms with E-state index in [-0.39, 0.29) is 5.91 Å². The Morgan fingerprint density at radius 3 is 2.76 bits per heavy atom. The highest BCUT2D eigenvalue weighted by Gasteiger charge is 2.23.